The van der Waals surface area contributed by atoms with Crippen LogP contribution in [0.3, 0.4) is 0 Å². The van der Waals surface area contributed by atoms with Crippen LogP contribution in [0.4, 0.5) is 19.0 Å². The summed E-state index contributed by atoms with van der Waals surface area (Å²) in [6, 6.07) is 15.1. The van der Waals surface area contributed by atoms with Gasteiger partial charge in [-0.1, -0.05) is 36.4 Å². The fraction of sp³-hybridized carbons (Fsp3) is 0.280. The molecule has 170 valence electrons. The van der Waals surface area contributed by atoms with Crippen molar-refractivity contribution >= 4 is 16.9 Å². The average Bonchev–Trinajstić information content (AvgIpc) is 3.18. The average molecular weight is 452 g/mol. The summed E-state index contributed by atoms with van der Waals surface area (Å²) in [6.07, 6.45) is -1.04. The Kier molecular flexibility index (Phi) is 5.32. The van der Waals surface area contributed by atoms with Crippen LogP contribution in [-0.2, 0) is 10.9 Å². The second kappa shape index (κ2) is 8.19. The summed E-state index contributed by atoms with van der Waals surface area (Å²) in [6.45, 7) is 5.37. The summed E-state index contributed by atoms with van der Waals surface area (Å²) >= 11 is 0. The largest absolute Gasteiger partial charge is 0.416 e. The summed E-state index contributed by atoms with van der Waals surface area (Å²) in [7, 11) is 0. The van der Waals surface area contributed by atoms with E-state index in [-0.39, 0.29) is 12.2 Å². The van der Waals surface area contributed by atoms with Gasteiger partial charge in [-0.15, -0.1) is 0 Å². The van der Waals surface area contributed by atoms with Gasteiger partial charge < -0.3 is 14.2 Å². The lowest BCUT2D eigenvalue weighted by Gasteiger charge is -2.36. The van der Waals surface area contributed by atoms with Gasteiger partial charge in [-0.05, 0) is 37.6 Å². The third-order valence-corrected chi connectivity index (χ3v) is 5.82. The van der Waals surface area contributed by atoms with E-state index in [1.165, 1.54) is 12.4 Å². The highest BCUT2D eigenvalue weighted by atomic mass is 19.4. The van der Waals surface area contributed by atoms with Crippen molar-refractivity contribution in [3.63, 3.8) is 0 Å². The van der Waals surface area contributed by atoms with Crippen molar-refractivity contribution in [2.24, 2.45) is 0 Å². The maximum Gasteiger partial charge on any atom is 0.416 e. The monoisotopic (exact) mass is 452 g/mol. The van der Waals surface area contributed by atoms with Crippen molar-refractivity contribution in [3.05, 3.63) is 72.7 Å². The number of alkyl halides is 3. The van der Waals surface area contributed by atoms with E-state index in [1.54, 1.807) is 10.6 Å². The Bertz CT molecular complexity index is 1280. The molecule has 0 N–H and O–H groups in total. The lowest BCUT2D eigenvalue weighted by atomic mass is 10.1. The predicted molar refractivity (Wildman–Crippen MR) is 122 cm³/mol. The maximum atomic E-state index is 13.4. The molecule has 1 saturated heterocycles. The SMILES string of the molecule is C[C@H]1CN(c2ncnc3c2c(-c2ccccc2)cn3-c2cccc(C(F)(F)F)c2)C[C@H](C)O1. The van der Waals surface area contributed by atoms with Gasteiger partial charge in [0.05, 0.1) is 23.2 Å². The standard InChI is InChI=1S/C25H23F3N4O/c1-16-12-31(13-17(2)33-16)23-22-21(18-7-4-3-5-8-18)14-32(24(22)30-15-29-23)20-10-6-9-19(11-20)25(26,27)28/h3-11,14-17H,12-13H2,1-2H3/t16-,17-/m0/s1. The van der Waals surface area contributed by atoms with Gasteiger partial charge in [0.1, 0.15) is 12.1 Å². The summed E-state index contributed by atoms with van der Waals surface area (Å²) in [5.41, 5.74) is 2.06. The molecule has 1 fully saturated rings. The molecule has 1 aliphatic heterocycles. The van der Waals surface area contributed by atoms with Crippen molar-refractivity contribution in [2.45, 2.75) is 32.2 Å². The first kappa shape index (κ1) is 21.5. The number of benzene rings is 2. The molecule has 0 amide bonds. The number of aromatic nitrogens is 3. The van der Waals surface area contributed by atoms with Gasteiger partial charge in [0.25, 0.3) is 0 Å². The molecule has 1 aliphatic rings. The van der Waals surface area contributed by atoms with Crippen molar-refractivity contribution in [3.8, 4) is 16.8 Å². The zero-order valence-electron chi connectivity index (χ0n) is 18.3. The highest BCUT2D eigenvalue weighted by Crippen LogP contribution is 2.38. The molecule has 3 heterocycles. The van der Waals surface area contributed by atoms with E-state index >= 15 is 0 Å². The molecule has 0 radical (unpaired) electrons. The predicted octanol–water partition coefficient (Wildman–Crippen LogP) is 5.72. The van der Waals surface area contributed by atoms with Gasteiger partial charge in [-0.3, -0.25) is 0 Å². The quantitative estimate of drug-likeness (QED) is 0.399. The Balaban J connectivity index is 1.75. The van der Waals surface area contributed by atoms with Crippen molar-refractivity contribution < 1.29 is 17.9 Å². The van der Waals surface area contributed by atoms with Gasteiger partial charge in [0, 0.05) is 30.5 Å². The van der Waals surface area contributed by atoms with Crippen LogP contribution in [0.15, 0.2) is 67.1 Å². The molecule has 8 heteroatoms. The summed E-state index contributed by atoms with van der Waals surface area (Å²) < 4.78 is 47.8. The van der Waals surface area contributed by atoms with Crippen LogP contribution >= 0.6 is 0 Å². The van der Waals surface area contributed by atoms with Gasteiger partial charge in [-0.25, -0.2) is 9.97 Å². The van der Waals surface area contributed by atoms with Gasteiger partial charge >= 0.3 is 6.18 Å². The Morgan fingerprint density at radius 1 is 0.939 bits per heavy atom. The number of halogens is 3. The van der Waals surface area contributed by atoms with E-state index in [4.69, 9.17) is 4.74 Å². The van der Waals surface area contributed by atoms with E-state index in [0.29, 0.717) is 24.4 Å². The molecule has 0 saturated carbocycles. The molecule has 4 aromatic rings. The van der Waals surface area contributed by atoms with E-state index in [9.17, 15) is 13.2 Å². The van der Waals surface area contributed by atoms with Crippen molar-refractivity contribution in [2.75, 3.05) is 18.0 Å². The first-order chi connectivity index (χ1) is 15.8. The van der Waals surface area contributed by atoms with Crippen LogP contribution in [0.5, 0.6) is 0 Å². The lowest BCUT2D eigenvalue weighted by Crippen LogP contribution is -2.46. The van der Waals surface area contributed by atoms with Crippen molar-refractivity contribution in [1.29, 1.82) is 0 Å². The molecular formula is C25H23F3N4O. The number of anilines is 1. The molecular weight excluding hydrogens is 429 g/mol. The number of nitrogens with zero attached hydrogens (tertiary/aromatic N) is 4. The number of rotatable bonds is 3. The van der Waals surface area contributed by atoms with E-state index in [1.807, 2.05) is 50.4 Å². The summed E-state index contributed by atoms with van der Waals surface area (Å²) in [4.78, 5) is 11.3. The third kappa shape index (κ3) is 4.06. The topological polar surface area (TPSA) is 43.2 Å². The minimum absolute atomic E-state index is 0.0319. The molecule has 2 atom stereocenters. The van der Waals surface area contributed by atoms with E-state index in [0.717, 1.165) is 34.5 Å². The van der Waals surface area contributed by atoms with Crippen molar-refractivity contribution in [1.82, 2.24) is 14.5 Å². The zero-order valence-corrected chi connectivity index (χ0v) is 18.3. The number of fused-ring (bicyclic) bond motifs is 1. The molecule has 0 unspecified atom stereocenters. The highest BCUT2D eigenvalue weighted by Gasteiger charge is 2.31. The van der Waals surface area contributed by atoms with Crippen LogP contribution in [-0.4, -0.2) is 39.8 Å². The molecule has 0 aliphatic carbocycles. The second-order valence-corrected chi connectivity index (χ2v) is 8.39. The smallest absolute Gasteiger partial charge is 0.372 e. The van der Waals surface area contributed by atoms with Crippen LogP contribution in [0.2, 0.25) is 0 Å². The molecule has 5 nitrogen and oxygen atoms in total. The molecule has 2 aromatic carbocycles. The molecule has 33 heavy (non-hydrogen) atoms. The van der Waals surface area contributed by atoms with Crippen LogP contribution in [0, 0.1) is 0 Å². The normalized spacial score (nSPS) is 19.2. The first-order valence-electron chi connectivity index (χ1n) is 10.8. The van der Waals surface area contributed by atoms with Gasteiger partial charge in [0.15, 0.2) is 5.65 Å². The Labute approximate surface area is 189 Å². The zero-order chi connectivity index (χ0) is 23.2. The molecule has 0 spiro atoms. The summed E-state index contributed by atoms with van der Waals surface area (Å²) in [5, 5.41) is 0.808. The first-order valence-corrected chi connectivity index (χ1v) is 10.8. The fourth-order valence-corrected chi connectivity index (χ4v) is 4.50. The number of morpholine rings is 1. The Morgan fingerprint density at radius 2 is 1.67 bits per heavy atom. The number of hydrogen-bond donors (Lipinski definition) is 0. The number of hydrogen-bond acceptors (Lipinski definition) is 4. The highest BCUT2D eigenvalue weighted by molar-refractivity contribution is 6.02. The van der Waals surface area contributed by atoms with Crippen LogP contribution in [0.1, 0.15) is 19.4 Å². The minimum atomic E-state index is -4.43. The minimum Gasteiger partial charge on any atom is -0.372 e. The van der Waals surface area contributed by atoms with Crippen LogP contribution < -0.4 is 4.90 Å². The third-order valence-electron chi connectivity index (χ3n) is 5.82. The second-order valence-electron chi connectivity index (χ2n) is 8.39. The Morgan fingerprint density at radius 3 is 2.36 bits per heavy atom. The molecule has 5 rings (SSSR count). The van der Waals surface area contributed by atoms with Gasteiger partial charge in [0.2, 0.25) is 0 Å². The van der Waals surface area contributed by atoms with Crippen LogP contribution in [0.25, 0.3) is 27.8 Å². The lowest BCUT2D eigenvalue weighted by molar-refractivity contribution is -0.137. The van der Waals surface area contributed by atoms with E-state index in [2.05, 4.69) is 14.9 Å². The number of ether oxygens (including phenoxy) is 1. The Hall–Kier alpha value is -3.39. The molecule has 0 bridgehead atoms. The maximum absolute atomic E-state index is 13.4. The summed E-state index contributed by atoms with van der Waals surface area (Å²) in [5.74, 6) is 0.756. The van der Waals surface area contributed by atoms with E-state index < -0.39 is 11.7 Å². The molecule has 2 aromatic heterocycles. The van der Waals surface area contributed by atoms with Gasteiger partial charge in [-0.2, -0.15) is 13.2 Å². The fourth-order valence-electron chi connectivity index (χ4n) is 4.50.